The molecule has 108 valence electrons. The summed E-state index contributed by atoms with van der Waals surface area (Å²) < 4.78 is 0. The van der Waals surface area contributed by atoms with Gasteiger partial charge in [-0.2, -0.15) is 0 Å². The molecule has 0 heterocycles. The van der Waals surface area contributed by atoms with E-state index >= 15 is 0 Å². The van der Waals surface area contributed by atoms with E-state index in [1.165, 1.54) is 23.1 Å². The maximum absolute atomic E-state index is 6.49. The average Bonchev–Trinajstić information content (AvgIpc) is 2.53. The Kier molecular flexibility index (Phi) is 4.52. The van der Waals surface area contributed by atoms with Crippen LogP contribution in [0.15, 0.2) is 66.7 Å². The highest BCUT2D eigenvalue weighted by molar-refractivity contribution is 5.66. The van der Waals surface area contributed by atoms with Crippen LogP contribution in [0.1, 0.15) is 42.7 Å². The van der Waals surface area contributed by atoms with Crippen molar-refractivity contribution in [2.75, 3.05) is 0 Å². The summed E-state index contributed by atoms with van der Waals surface area (Å²) in [4.78, 5) is 0. The minimum absolute atomic E-state index is 0.250. The van der Waals surface area contributed by atoms with Gasteiger partial charge < -0.3 is 5.73 Å². The van der Waals surface area contributed by atoms with Gasteiger partial charge in [0.25, 0.3) is 0 Å². The lowest BCUT2D eigenvalue weighted by Crippen LogP contribution is -2.29. The molecule has 2 aromatic carbocycles. The van der Waals surface area contributed by atoms with Gasteiger partial charge in [0, 0.05) is 12.0 Å². The van der Waals surface area contributed by atoms with E-state index in [4.69, 9.17) is 5.73 Å². The topological polar surface area (TPSA) is 26.0 Å². The molecule has 21 heavy (non-hydrogen) atoms. The Morgan fingerprint density at radius 2 is 1.52 bits per heavy atom. The highest BCUT2D eigenvalue weighted by Crippen LogP contribution is 2.34. The molecule has 2 aromatic rings. The van der Waals surface area contributed by atoms with Gasteiger partial charge in [0.1, 0.15) is 0 Å². The Balaban J connectivity index is 1.92. The number of hydrogen-bond donors (Lipinski definition) is 1. The van der Waals surface area contributed by atoms with Gasteiger partial charge in [0.2, 0.25) is 0 Å². The van der Waals surface area contributed by atoms with Crippen molar-refractivity contribution in [1.82, 2.24) is 0 Å². The fourth-order valence-electron chi connectivity index (χ4n) is 3.26. The first-order valence-corrected chi connectivity index (χ1v) is 7.89. The molecular weight excluding hydrogens is 254 g/mol. The molecule has 1 aliphatic rings. The molecule has 0 aliphatic heterocycles. The molecule has 1 nitrogen and oxygen atoms in total. The molecule has 0 bridgehead atoms. The van der Waals surface area contributed by atoms with Gasteiger partial charge in [0.15, 0.2) is 0 Å². The van der Waals surface area contributed by atoms with Crippen LogP contribution in [0.4, 0.5) is 0 Å². The van der Waals surface area contributed by atoms with Crippen molar-refractivity contribution < 1.29 is 0 Å². The molecule has 0 fully saturated rings. The quantitative estimate of drug-likeness (QED) is 0.842. The summed E-state index contributed by atoms with van der Waals surface area (Å²) in [5.74, 6) is 0.415. The number of hydrogen-bond acceptors (Lipinski definition) is 1. The number of benzene rings is 2. The molecule has 0 saturated carbocycles. The minimum Gasteiger partial charge on any atom is -0.327 e. The zero-order valence-electron chi connectivity index (χ0n) is 12.4. The van der Waals surface area contributed by atoms with E-state index in [9.17, 15) is 0 Å². The lowest BCUT2D eigenvalue weighted by Gasteiger charge is -2.27. The van der Waals surface area contributed by atoms with Crippen LogP contribution in [0, 0.1) is 0 Å². The Labute approximate surface area is 127 Å². The van der Waals surface area contributed by atoms with E-state index in [1.54, 1.807) is 0 Å². The molecule has 1 heteroatoms. The highest BCUT2D eigenvalue weighted by Gasteiger charge is 2.22. The molecule has 1 aliphatic carbocycles. The Morgan fingerprint density at radius 3 is 2.24 bits per heavy atom. The smallest absolute Gasteiger partial charge is 0.0111 e. The van der Waals surface area contributed by atoms with Crippen molar-refractivity contribution in [2.45, 2.75) is 37.6 Å². The van der Waals surface area contributed by atoms with Crippen molar-refractivity contribution in [1.29, 1.82) is 0 Å². The fourth-order valence-corrected chi connectivity index (χ4v) is 3.26. The molecule has 0 spiro atoms. The first kappa shape index (κ1) is 14.1. The second kappa shape index (κ2) is 6.73. The zero-order chi connectivity index (χ0) is 14.5. The zero-order valence-corrected chi connectivity index (χ0v) is 12.4. The minimum atomic E-state index is 0.250. The van der Waals surface area contributed by atoms with Gasteiger partial charge >= 0.3 is 0 Å². The third kappa shape index (κ3) is 3.43. The van der Waals surface area contributed by atoms with Gasteiger partial charge in [-0.15, -0.1) is 0 Å². The molecule has 2 N–H and O–H groups in total. The molecule has 0 radical (unpaired) electrons. The predicted molar refractivity (Wildman–Crippen MR) is 90.0 cm³/mol. The van der Waals surface area contributed by atoms with Gasteiger partial charge in [-0.05, 0) is 42.4 Å². The second-order valence-electron chi connectivity index (χ2n) is 5.91. The summed E-state index contributed by atoms with van der Waals surface area (Å²) >= 11 is 0. The third-order valence-electron chi connectivity index (χ3n) is 4.46. The summed E-state index contributed by atoms with van der Waals surface area (Å²) in [7, 11) is 0. The highest BCUT2D eigenvalue weighted by atomic mass is 14.6. The van der Waals surface area contributed by atoms with Gasteiger partial charge in [-0.1, -0.05) is 66.7 Å². The largest absolute Gasteiger partial charge is 0.327 e. The molecule has 3 rings (SSSR count). The van der Waals surface area contributed by atoms with Crippen LogP contribution >= 0.6 is 0 Å². The number of rotatable bonds is 2. The molecule has 0 saturated heterocycles. The fraction of sp³-hybridized carbons (Fsp3) is 0.300. The summed E-state index contributed by atoms with van der Waals surface area (Å²) in [6, 6.07) is 21.7. The van der Waals surface area contributed by atoms with Crippen LogP contribution < -0.4 is 5.73 Å². The van der Waals surface area contributed by atoms with Crippen molar-refractivity contribution >= 4 is 5.57 Å². The maximum Gasteiger partial charge on any atom is 0.0111 e. The van der Waals surface area contributed by atoms with Crippen molar-refractivity contribution in [3.05, 3.63) is 77.9 Å². The Morgan fingerprint density at radius 1 is 0.857 bits per heavy atom. The summed E-state index contributed by atoms with van der Waals surface area (Å²) in [6.45, 7) is 0. The van der Waals surface area contributed by atoms with Gasteiger partial charge in [-0.25, -0.2) is 0 Å². The van der Waals surface area contributed by atoms with E-state index in [0.717, 1.165) is 19.3 Å². The van der Waals surface area contributed by atoms with E-state index < -0.39 is 0 Å². The first-order chi connectivity index (χ1) is 10.3. The summed E-state index contributed by atoms with van der Waals surface area (Å²) in [5, 5.41) is 0. The van der Waals surface area contributed by atoms with Crippen LogP contribution in [0.2, 0.25) is 0 Å². The second-order valence-corrected chi connectivity index (χ2v) is 5.91. The average molecular weight is 277 g/mol. The van der Waals surface area contributed by atoms with Crippen molar-refractivity contribution in [3.8, 4) is 0 Å². The van der Waals surface area contributed by atoms with Gasteiger partial charge in [-0.3, -0.25) is 0 Å². The van der Waals surface area contributed by atoms with Crippen LogP contribution in [0.5, 0.6) is 0 Å². The summed E-state index contributed by atoms with van der Waals surface area (Å²) in [5.41, 5.74) is 10.6. The van der Waals surface area contributed by atoms with Crippen LogP contribution in [0.25, 0.3) is 5.57 Å². The predicted octanol–water partition coefficient (Wildman–Crippen LogP) is 4.76. The van der Waals surface area contributed by atoms with Crippen molar-refractivity contribution in [2.24, 2.45) is 5.73 Å². The normalized spacial score (nSPS) is 25.5. The number of allylic oxidation sites excluding steroid dienone is 2. The monoisotopic (exact) mass is 277 g/mol. The Hall–Kier alpha value is -1.86. The molecule has 0 amide bonds. The van der Waals surface area contributed by atoms with Crippen LogP contribution in [-0.2, 0) is 0 Å². The van der Waals surface area contributed by atoms with E-state index in [2.05, 4.69) is 66.7 Å². The standard InChI is InChI=1S/C20H23N/c21-20-14-8-7-13-18(16-9-3-1-4-10-16)15-19(20)17-11-5-2-6-12-17/h1-6,9-13,19-20H,7-8,14-15,21H2/b18-13+. The van der Waals surface area contributed by atoms with Crippen LogP contribution in [0.3, 0.4) is 0 Å². The van der Waals surface area contributed by atoms with E-state index in [0.29, 0.717) is 5.92 Å². The Bertz CT molecular complexity index is 586. The van der Waals surface area contributed by atoms with Crippen molar-refractivity contribution in [3.63, 3.8) is 0 Å². The first-order valence-electron chi connectivity index (χ1n) is 7.89. The van der Waals surface area contributed by atoms with E-state index in [1.807, 2.05) is 0 Å². The lowest BCUT2D eigenvalue weighted by atomic mass is 9.80. The molecule has 2 atom stereocenters. The molecule has 2 unspecified atom stereocenters. The molecule has 0 aromatic heterocycles. The third-order valence-corrected chi connectivity index (χ3v) is 4.46. The lowest BCUT2D eigenvalue weighted by molar-refractivity contribution is 0.486. The van der Waals surface area contributed by atoms with Crippen LogP contribution in [-0.4, -0.2) is 6.04 Å². The summed E-state index contributed by atoms with van der Waals surface area (Å²) in [6.07, 6.45) is 6.88. The maximum atomic E-state index is 6.49. The number of nitrogens with two attached hydrogens (primary N) is 1. The van der Waals surface area contributed by atoms with E-state index in [-0.39, 0.29) is 6.04 Å². The van der Waals surface area contributed by atoms with Gasteiger partial charge in [0.05, 0.1) is 0 Å². The SMILES string of the molecule is NC1CCC/C=C(/c2ccccc2)CC1c1ccccc1. The molecular formula is C20H23N.